The van der Waals surface area contributed by atoms with Gasteiger partial charge in [-0.2, -0.15) is 4.98 Å². The van der Waals surface area contributed by atoms with Crippen molar-refractivity contribution in [3.63, 3.8) is 0 Å². The highest BCUT2D eigenvalue weighted by molar-refractivity contribution is 4.99. The lowest BCUT2D eigenvalue weighted by Gasteiger charge is -1.99. The molecule has 1 heterocycles. The first-order valence-electron chi connectivity index (χ1n) is 5.13. The molecule has 5 nitrogen and oxygen atoms in total. The Balaban J connectivity index is 2.20. The topological polar surface area (TPSA) is 56.5 Å². The maximum absolute atomic E-state index is 5.28. The summed E-state index contributed by atoms with van der Waals surface area (Å²) in [5.74, 6) is 0. The van der Waals surface area contributed by atoms with Gasteiger partial charge in [-0.05, 0) is 6.54 Å². The quantitative estimate of drug-likeness (QED) is 0.659. The molecule has 0 fully saturated rings. The maximum Gasteiger partial charge on any atom is 0.393 e. The molecule has 0 radical (unpaired) electrons. The molecule has 0 aliphatic heterocycles. The molecule has 0 amide bonds. The number of ether oxygens (including phenoxy) is 2. The molecule has 0 aliphatic rings. The number of nitrogens with one attached hydrogen (secondary N) is 1. The molecule has 0 atom stereocenters. The summed E-state index contributed by atoms with van der Waals surface area (Å²) >= 11 is 0. The zero-order valence-corrected chi connectivity index (χ0v) is 9.28. The molecule has 86 valence electrons. The van der Waals surface area contributed by atoms with E-state index in [1.807, 2.05) is 6.92 Å². The smallest absolute Gasteiger partial charge is 0.393 e. The molecule has 5 heteroatoms. The summed E-state index contributed by atoms with van der Waals surface area (Å²) < 4.78 is 15.3. The van der Waals surface area contributed by atoms with Crippen molar-refractivity contribution in [1.29, 1.82) is 0 Å². The van der Waals surface area contributed by atoms with Crippen LogP contribution in [0.5, 0.6) is 6.08 Å². The number of oxazole rings is 1. The molecule has 0 spiro atoms. The third-order valence-corrected chi connectivity index (χ3v) is 1.81. The highest BCUT2D eigenvalue weighted by Gasteiger charge is 2.03. The largest absolute Gasteiger partial charge is 0.450 e. The second-order valence-electron chi connectivity index (χ2n) is 3.08. The van der Waals surface area contributed by atoms with Gasteiger partial charge < -0.3 is 19.2 Å². The van der Waals surface area contributed by atoms with Gasteiger partial charge in [0.15, 0.2) is 0 Å². The number of hydrogen-bond acceptors (Lipinski definition) is 5. The minimum atomic E-state index is 0.332. The lowest BCUT2D eigenvalue weighted by atomic mass is 10.5. The standard InChI is InChI=1S/C10H18N2O3/c1-3-11-7-9-8-15-10(12-9)14-6-4-5-13-2/h8,11H,3-7H2,1-2H3. The third-order valence-electron chi connectivity index (χ3n) is 1.81. The van der Waals surface area contributed by atoms with Crippen LogP contribution in [0, 0.1) is 0 Å². The van der Waals surface area contributed by atoms with Crippen LogP contribution < -0.4 is 10.1 Å². The third kappa shape index (κ3) is 4.80. The van der Waals surface area contributed by atoms with Crippen LogP contribution in [0.1, 0.15) is 19.0 Å². The van der Waals surface area contributed by atoms with E-state index < -0.39 is 0 Å². The van der Waals surface area contributed by atoms with Crippen LogP contribution in [0.3, 0.4) is 0 Å². The Kier molecular flexibility index (Phi) is 5.80. The van der Waals surface area contributed by atoms with Gasteiger partial charge in [0.1, 0.15) is 6.26 Å². The predicted molar refractivity (Wildman–Crippen MR) is 55.9 cm³/mol. The van der Waals surface area contributed by atoms with E-state index >= 15 is 0 Å². The van der Waals surface area contributed by atoms with Gasteiger partial charge in [-0.3, -0.25) is 0 Å². The van der Waals surface area contributed by atoms with E-state index in [1.54, 1.807) is 13.4 Å². The SMILES string of the molecule is CCNCc1coc(OCCCOC)n1. The van der Waals surface area contributed by atoms with Gasteiger partial charge >= 0.3 is 6.08 Å². The van der Waals surface area contributed by atoms with E-state index in [0.717, 1.165) is 18.7 Å². The first-order valence-corrected chi connectivity index (χ1v) is 5.13. The van der Waals surface area contributed by atoms with Crippen LogP contribution in [-0.2, 0) is 11.3 Å². The summed E-state index contributed by atoms with van der Waals surface area (Å²) in [5, 5.41) is 3.16. The molecule has 0 saturated heterocycles. The van der Waals surface area contributed by atoms with Crippen LogP contribution in [0.4, 0.5) is 0 Å². The van der Waals surface area contributed by atoms with E-state index in [9.17, 15) is 0 Å². The molecular formula is C10H18N2O3. The molecule has 1 aromatic rings. The van der Waals surface area contributed by atoms with Gasteiger partial charge in [0, 0.05) is 26.7 Å². The molecular weight excluding hydrogens is 196 g/mol. The second kappa shape index (κ2) is 7.25. The summed E-state index contributed by atoms with van der Waals surface area (Å²) in [6.07, 6.45) is 2.77. The van der Waals surface area contributed by atoms with Crippen molar-refractivity contribution >= 4 is 0 Å². The van der Waals surface area contributed by atoms with Crippen LogP contribution >= 0.6 is 0 Å². The molecule has 15 heavy (non-hydrogen) atoms. The highest BCUT2D eigenvalue weighted by atomic mass is 16.6. The lowest BCUT2D eigenvalue weighted by Crippen LogP contribution is -2.11. The first-order chi connectivity index (χ1) is 7.36. The first kappa shape index (κ1) is 12.0. The van der Waals surface area contributed by atoms with E-state index in [2.05, 4.69) is 10.3 Å². The maximum atomic E-state index is 5.28. The summed E-state index contributed by atoms with van der Waals surface area (Å²) in [6.45, 7) is 4.92. The zero-order chi connectivity index (χ0) is 10.9. The number of nitrogens with zero attached hydrogens (tertiary/aromatic N) is 1. The van der Waals surface area contributed by atoms with Gasteiger partial charge in [0.25, 0.3) is 0 Å². The summed E-state index contributed by atoms with van der Waals surface area (Å²) in [6, 6.07) is 0. The minimum absolute atomic E-state index is 0.332. The summed E-state index contributed by atoms with van der Waals surface area (Å²) in [7, 11) is 1.67. The van der Waals surface area contributed by atoms with E-state index in [0.29, 0.717) is 25.8 Å². The van der Waals surface area contributed by atoms with E-state index in [1.165, 1.54) is 0 Å². The molecule has 0 aliphatic carbocycles. The number of hydrogen-bond donors (Lipinski definition) is 1. The molecule has 1 N–H and O–H groups in total. The van der Waals surface area contributed by atoms with E-state index in [-0.39, 0.29) is 0 Å². The van der Waals surface area contributed by atoms with Crippen molar-refractivity contribution in [2.24, 2.45) is 0 Å². The molecule has 0 unspecified atom stereocenters. The Labute approximate surface area is 89.8 Å². The van der Waals surface area contributed by atoms with Crippen LogP contribution in [0.15, 0.2) is 10.7 Å². The summed E-state index contributed by atoms with van der Waals surface area (Å²) in [5.41, 5.74) is 0.860. The monoisotopic (exact) mass is 214 g/mol. The normalized spacial score (nSPS) is 10.5. The fourth-order valence-electron chi connectivity index (χ4n) is 1.05. The van der Waals surface area contributed by atoms with Crippen molar-refractivity contribution in [1.82, 2.24) is 10.3 Å². The molecule has 0 saturated carbocycles. The molecule has 1 rings (SSSR count). The van der Waals surface area contributed by atoms with Crippen molar-refractivity contribution < 1.29 is 13.9 Å². The zero-order valence-electron chi connectivity index (χ0n) is 9.28. The average Bonchev–Trinajstić information content (AvgIpc) is 2.69. The average molecular weight is 214 g/mol. The van der Waals surface area contributed by atoms with Crippen molar-refractivity contribution in [3.8, 4) is 6.08 Å². The van der Waals surface area contributed by atoms with Crippen LogP contribution in [0.2, 0.25) is 0 Å². The fraction of sp³-hybridized carbons (Fsp3) is 0.700. The number of rotatable bonds is 8. The van der Waals surface area contributed by atoms with E-state index in [4.69, 9.17) is 13.9 Å². The Morgan fingerprint density at radius 1 is 1.47 bits per heavy atom. The molecule has 0 aromatic carbocycles. The summed E-state index contributed by atoms with van der Waals surface area (Å²) in [4.78, 5) is 4.15. The van der Waals surface area contributed by atoms with Gasteiger partial charge in [0.2, 0.25) is 0 Å². The Hall–Kier alpha value is -1.07. The van der Waals surface area contributed by atoms with Gasteiger partial charge in [0.05, 0.1) is 12.3 Å². The van der Waals surface area contributed by atoms with Crippen molar-refractivity contribution in [2.45, 2.75) is 19.9 Å². The minimum Gasteiger partial charge on any atom is -0.450 e. The molecule has 1 aromatic heterocycles. The second-order valence-corrected chi connectivity index (χ2v) is 3.08. The van der Waals surface area contributed by atoms with Crippen LogP contribution in [-0.4, -0.2) is 31.9 Å². The number of aromatic nitrogens is 1. The van der Waals surface area contributed by atoms with Gasteiger partial charge in [-0.25, -0.2) is 0 Å². The van der Waals surface area contributed by atoms with Crippen molar-refractivity contribution in [2.75, 3.05) is 26.9 Å². The van der Waals surface area contributed by atoms with Gasteiger partial charge in [-0.1, -0.05) is 6.92 Å². The lowest BCUT2D eigenvalue weighted by molar-refractivity contribution is 0.157. The predicted octanol–water partition coefficient (Wildman–Crippen LogP) is 1.20. The Morgan fingerprint density at radius 2 is 2.33 bits per heavy atom. The van der Waals surface area contributed by atoms with Crippen LogP contribution in [0.25, 0.3) is 0 Å². The highest BCUT2D eigenvalue weighted by Crippen LogP contribution is 2.09. The van der Waals surface area contributed by atoms with Gasteiger partial charge in [-0.15, -0.1) is 0 Å². The molecule has 0 bridgehead atoms. The fourth-order valence-corrected chi connectivity index (χ4v) is 1.05. The number of methoxy groups -OCH3 is 1. The van der Waals surface area contributed by atoms with Crippen molar-refractivity contribution in [3.05, 3.63) is 12.0 Å². The Morgan fingerprint density at radius 3 is 3.07 bits per heavy atom. The Bertz CT molecular complexity index is 263.